The maximum absolute atomic E-state index is 12.4. The number of hydrogen-bond donors (Lipinski definition) is 0. The molecule has 4 rings (SSSR count). The third-order valence-electron chi connectivity index (χ3n) is 4.12. The van der Waals surface area contributed by atoms with Crippen molar-refractivity contribution in [2.24, 2.45) is 0 Å². The number of benzene rings is 3. The summed E-state index contributed by atoms with van der Waals surface area (Å²) < 4.78 is 5.75. The van der Waals surface area contributed by atoms with E-state index >= 15 is 0 Å². The van der Waals surface area contributed by atoms with Crippen LogP contribution >= 0.6 is 0 Å². The zero-order valence-electron chi connectivity index (χ0n) is 13.4. The molecule has 0 unspecified atom stereocenters. The van der Waals surface area contributed by atoms with E-state index < -0.39 is 0 Å². The van der Waals surface area contributed by atoms with E-state index in [1.165, 1.54) is 4.90 Å². The zero-order chi connectivity index (χ0) is 17.2. The van der Waals surface area contributed by atoms with E-state index in [9.17, 15) is 9.59 Å². The lowest BCUT2D eigenvalue weighted by Crippen LogP contribution is -2.29. The Morgan fingerprint density at radius 2 is 1.16 bits per heavy atom. The Hall–Kier alpha value is -3.40. The van der Waals surface area contributed by atoms with Crippen molar-refractivity contribution in [1.82, 2.24) is 4.90 Å². The highest BCUT2D eigenvalue weighted by Crippen LogP contribution is 2.26. The van der Waals surface area contributed by atoms with E-state index in [0.717, 1.165) is 11.3 Å². The van der Waals surface area contributed by atoms with E-state index in [1.807, 2.05) is 54.6 Å². The second-order valence-electron chi connectivity index (χ2n) is 5.80. The van der Waals surface area contributed by atoms with Gasteiger partial charge in [-0.05, 0) is 42.0 Å². The molecule has 25 heavy (non-hydrogen) atoms. The van der Waals surface area contributed by atoms with Crippen LogP contribution in [0.5, 0.6) is 11.5 Å². The minimum atomic E-state index is -0.245. The Bertz CT molecular complexity index is 898. The molecule has 2 amide bonds. The molecule has 0 radical (unpaired) electrons. The first-order valence-electron chi connectivity index (χ1n) is 7.99. The van der Waals surface area contributed by atoms with Crippen molar-refractivity contribution < 1.29 is 14.3 Å². The number of fused-ring (bicyclic) bond motifs is 1. The highest BCUT2D eigenvalue weighted by atomic mass is 16.5. The minimum absolute atomic E-state index is 0.245. The van der Waals surface area contributed by atoms with Crippen LogP contribution in [0, 0.1) is 0 Å². The first kappa shape index (κ1) is 15.1. The normalized spacial score (nSPS) is 13.0. The van der Waals surface area contributed by atoms with Gasteiger partial charge in [-0.1, -0.05) is 42.5 Å². The molecule has 1 heterocycles. The standard InChI is InChI=1S/C21H15NO3/c23-20-18-8-4-5-9-19(18)21(24)22(20)14-15-10-12-17(13-11-15)25-16-6-2-1-3-7-16/h1-13H,14H2. The molecule has 3 aromatic rings. The van der Waals surface area contributed by atoms with E-state index in [-0.39, 0.29) is 18.4 Å². The van der Waals surface area contributed by atoms with Crippen LogP contribution in [0.3, 0.4) is 0 Å². The molecule has 0 aromatic heterocycles. The van der Waals surface area contributed by atoms with Crippen LogP contribution in [-0.4, -0.2) is 16.7 Å². The average molecular weight is 329 g/mol. The number of amides is 2. The Kier molecular flexibility index (Phi) is 3.78. The molecule has 0 saturated carbocycles. The van der Waals surface area contributed by atoms with Gasteiger partial charge in [0.2, 0.25) is 0 Å². The summed E-state index contributed by atoms with van der Waals surface area (Å²) in [5.74, 6) is 0.975. The molecule has 3 aromatic carbocycles. The molecule has 1 aliphatic heterocycles. The number of para-hydroxylation sites is 1. The maximum atomic E-state index is 12.4. The van der Waals surface area contributed by atoms with Gasteiger partial charge >= 0.3 is 0 Å². The van der Waals surface area contributed by atoms with Crippen LogP contribution in [0.15, 0.2) is 78.9 Å². The lowest BCUT2D eigenvalue weighted by atomic mass is 10.1. The molecule has 0 N–H and O–H groups in total. The lowest BCUT2D eigenvalue weighted by Gasteiger charge is -2.14. The Morgan fingerprint density at radius 1 is 0.640 bits per heavy atom. The molecule has 0 fully saturated rings. The van der Waals surface area contributed by atoms with Crippen LogP contribution in [-0.2, 0) is 6.54 Å². The van der Waals surface area contributed by atoms with Gasteiger partial charge in [-0.25, -0.2) is 0 Å². The molecular formula is C21H15NO3. The van der Waals surface area contributed by atoms with Crippen LogP contribution < -0.4 is 4.74 Å². The van der Waals surface area contributed by atoms with Crippen molar-refractivity contribution in [2.45, 2.75) is 6.54 Å². The first-order valence-corrected chi connectivity index (χ1v) is 7.99. The van der Waals surface area contributed by atoms with Crippen molar-refractivity contribution in [2.75, 3.05) is 0 Å². The number of nitrogens with zero attached hydrogens (tertiary/aromatic N) is 1. The second kappa shape index (κ2) is 6.24. The summed E-state index contributed by atoms with van der Waals surface area (Å²) in [6.07, 6.45) is 0. The van der Waals surface area contributed by atoms with E-state index in [1.54, 1.807) is 24.3 Å². The number of ether oxygens (including phenoxy) is 1. The van der Waals surface area contributed by atoms with Gasteiger partial charge in [0.25, 0.3) is 11.8 Å². The number of carbonyl (C=O) groups excluding carboxylic acids is 2. The predicted molar refractivity (Wildman–Crippen MR) is 93.6 cm³/mol. The number of hydrogen-bond acceptors (Lipinski definition) is 3. The third-order valence-corrected chi connectivity index (χ3v) is 4.12. The number of carbonyl (C=O) groups is 2. The molecule has 0 aliphatic carbocycles. The molecule has 4 heteroatoms. The fraction of sp³-hybridized carbons (Fsp3) is 0.0476. The van der Waals surface area contributed by atoms with Gasteiger partial charge in [0.05, 0.1) is 17.7 Å². The smallest absolute Gasteiger partial charge is 0.261 e. The summed E-state index contributed by atoms with van der Waals surface area (Å²) >= 11 is 0. The van der Waals surface area contributed by atoms with Crippen molar-refractivity contribution >= 4 is 11.8 Å². The fourth-order valence-corrected chi connectivity index (χ4v) is 2.85. The van der Waals surface area contributed by atoms with E-state index in [2.05, 4.69) is 0 Å². The van der Waals surface area contributed by atoms with Gasteiger partial charge in [0, 0.05) is 0 Å². The highest BCUT2D eigenvalue weighted by molar-refractivity contribution is 6.21. The molecule has 122 valence electrons. The predicted octanol–water partition coefficient (Wildman–Crippen LogP) is 4.28. The summed E-state index contributed by atoms with van der Waals surface area (Å²) in [4.78, 5) is 26.1. The van der Waals surface area contributed by atoms with Crippen molar-refractivity contribution in [3.63, 3.8) is 0 Å². The number of imide groups is 1. The molecule has 0 bridgehead atoms. The lowest BCUT2D eigenvalue weighted by molar-refractivity contribution is 0.0642. The van der Waals surface area contributed by atoms with Gasteiger partial charge in [-0.15, -0.1) is 0 Å². The molecule has 4 nitrogen and oxygen atoms in total. The van der Waals surface area contributed by atoms with Crippen molar-refractivity contribution in [3.05, 3.63) is 95.6 Å². The molecular weight excluding hydrogens is 314 g/mol. The van der Waals surface area contributed by atoms with Gasteiger partial charge in [0.1, 0.15) is 11.5 Å². The number of rotatable bonds is 4. The highest BCUT2D eigenvalue weighted by Gasteiger charge is 2.34. The Labute approximate surface area is 145 Å². The van der Waals surface area contributed by atoms with Gasteiger partial charge in [0.15, 0.2) is 0 Å². The van der Waals surface area contributed by atoms with Crippen LogP contribution in [0.4, 0.5) is 0 Å². The van der Waals surface area contributed by atoms with Crippen molar-refractivity contribution in [1.29, 1.82) is 0 Å². The maximum Gasteiger partial charge on any atom is 0.261 e. The summed E-state index contributed by atoms with van der Waals surface area (Å²) in [5.41, 5.74) is 1.81. The Balaban J connectivity index is 1.49. The third kappa shape index (κ3) is 2.90. The average Bonchev–Trinajstić information content (AvgIpc) is 2.89. The Morgan fingerprint density at radius 3 is 1.76 bits per heavy atom. The molecule has 0 atom stereocenters. The minimum Gasteiger partial charge on any atom is -0.457 e. The summed E-state index contributed by atoms with van der Waals surface area (Å²) in [7, 11) is 0. The SMILES string of the molecule is O=C1c2ccccc2C(=O)N1Cc1ccc(Oc2ccccc2)cc1. The summed E-state index contributed by atoms with van der Waals surface area (Å²) in [6.45, 7) is 0.248. The zero-order valence-corrected chi connectivity index (χ0v) is 13.4. The van der Waals surface area contributed by atoms with Gasteiger partial charge < -0.3 is 4.74 Å². The van der Waals surface area contributed by atoms with Crippen LogP contribution in [0.2, 0.25) is 0 Å². The largest absolute Gasteiger partial charge is 0.457 e. The summed E-state index contributed by atoms with van der Waals surface area (Å²) in [6, 6.07) is 23.8. The second-order valence-corrected chi connectivity index (χ2v) is 5.80. The monoisotopic (exact) mass is 329 g/mol. The van der Waals surface area contributed by atoms with Crippen LogP contribution in [0.1, 0.15) is 26.3 Å². The molecule has 0 spiro atoms. The first-order chi connectivity index (χ1) is 12.2. The van der Waals surface area contributed by atoms with Crippen molar-refractivity contribution in [3.8, 4) is 11.5 Å². The van der Waals surface area contributed by atoms with E-state index in [4.69, 9.17) is 4.74 Å². The van der Waals surface area contributed by atoms with Gasteiger partial charge in [-0.2, -0.15) is 0 Å². The quantitative estimate of drug-likeness (QED) is 0.671. The molecule has 1 aliphatic rings. The van der Waals surface area contributed by atoms with Crippen LogP contribution in [0.25, 0.3) is 0 Å². The summed E-state index contributed by atoms with van der Waals surface area (Å²) in [5, 5.41) is 0. The molecule has 0 saturated heterocycles. The topological polar surface area (TPSA) is 46.6 Å². The van der Waals surface area contributed by atoms with E-state index in [0.29, 0.717) is 16.9 Å². The fourth-order valence-electron chi connectivity index (χ4n) is 2.85. The van der Waals surface area contributed by atoms with Gasteiger partial charge in [-0.3, -0.25) is 14.5 Å².